The lowest BCUT2D eigenvalue weighted by molar-refractivity contribution is -0.138. The fourth-order valence-electron chi connectivity index (χ4n) is 5.42. The number of allylic oxidation sites excluding steroid dienone is 2. The standard InChI is InChI=1S/C21H24FNO2/c22-15-2-1-3-17(13-15)25-16-6-10-23(11-7-16)20(24)18-12-14-4-5-19(18)21(14)8-9-21/h1-5,13-14,16,18-19H,6-12H2/t14-,18+,19-/m1/s1. The second kappa shape index (κ2) is 5.58. The van der Waals surface area contributed by atoms with Gasteiger partial charge in [-0.15, -0.1) is 0 Å². The number of likely N-dealkylation sites (tertiary alicyclic amines) is 1. The van der Waals surface area contributed by atoms with Crippen LogP contribution in [0.1, 0.15) is 32.1 Å². The summed E-state index contributed by atoms with van der Waals surface area (Å²) in [5.74, 6) is 2.01. The van der Waals surface area contributed by atoms with E-state index in [4.69, 9.17) is 4.74 Å². The van der Waals surface area contributed by atoms with Gasteiger partial charge in [-0.05, 0) is 48.6 Å². The number of piperidine rings is 1. The minimum absolute atomic E-state index is 0.0700. The zero-order valence-electron chi connectivity index (χ0n) is 14.4. The maximum Gasteiger partial charge on any atom is 0.226 e. The summed E-state index contributed by atoms with van der Waals surface area (Å²) in [6.45, 7) is 1.51. The average Bonchev–Trinajstić information content (AvgIpc) is 3.28. The van der Waals surface area contributed by atoms with Gasteiger partial charge in [-0.2, -0.15) is 0 Å². The van der Waals surface area contributed by atoms with Crippen molar-refractivity contribution in [1.29, 1.82) is 0 Å². The molecule has 1 heterocycles. The van der Waals surface area contributed by atoms with Gasteiger partial charge in [-0.25, -0.2) is 4.39 Å². The maximum atomic E-state index is 13.3. The van der Waals surface area contributed by atoms with Gasteiger partial charge in [0.25, 0.3) is 0 Å². The van der Waals surface area contributed by atoms with Crippen molar-refractivity contribution in [3.8, 4) is 5.75 Å². The summed E-state index contributed by atoms with van der Waals surface area (Å²) in [7, 11) is 0. The molecule has 132 valence electrons. The normalized spacial score (nSPS) is 32.4. The van der Waals surface area contributed by atoms with Gasteiger partial charge in [0.1, 0.15) is 17.7 Å². The van der Waals surface area contributed by atoms with E-state index in [0.717, 1.165) is 32.4 Å². The topological polar surface area (TPSA) is 29.5 Å². The van der Waals surface area contributed by atoms with Gasteiger partial charge in [0.2, 0.25) is 5.91 Å². The van der Waals surface area contributed by atoms with Crippen LogP contribution in [0.5, 0.6) is 5.75 Å². The Morgan fingerprint density at radius 1 is 1.20 bits per heavy atom. The molecule has 5 rings (SSSR count). The highest BCUT2D eigenvalue weighted by molar-refractivity contribution is 5.80. The van der Waals surface area contributed by atoms with Crippen molar-refractivity contribution in [3.63, 3.8) is 0 Å². The minimum atomic E-state index is -0.275. The third kappa shape index (κ3) is 2.49. The third-order valence-electron chi connectivity index (χ3n) is 6.89. The highest BCUT2D eigenvalue weighted by Gasteiger charge is 2.64. The van der Waals surface area contributed by atoms with Crippen LogP contribution in [0.2, 0.25) is 0 Å². The first-order valence-electron chi connectivity index (χ1n) is 9.55. The van der Waals surface area contributed by atoms with Gasteiger partial charge >= 0.3 is 0 Å². The van der Waals surface area contributed by atoms with E-state index in [9.17, 15) is 9.18 Å². The SMILES string of the molecule is O=C([C@H]1C[C@H]2C=C[C@H]1C21CC1)N1CCC(Oc2cccc(F)c2)CC1. The Labute approximate surface area is 147 Å². The van der Waals surface area contributed by atoms with Crippen molar-refractivity contribution in [2.45, 2.75) is 38.2 Å². The van der Waals surface area contributed by atoms with Crippen molar-refractivity contribution in [3.05, 3.63) is 42.2 Å². The fourth-order valence-corrected chi connectivity index (χ4v) is 5.42. The Kier molecular flexibility index (Phi) is 3.44. The first-order chi connectivity index (χ1) is 12.2. The molecule has 1 aromatic rings. The van der Waals surface area contributed by atoms with Crippen LogP contribution in [0.4, 0.5) is 4.39 Å². The van der Waals surface area contributed by atoms with Gasteiger partial charge in [0, 0.05) is 37.9 Å². The Hall–Kier alpha value is -1.84. The molecule has 2 saturated carbocycles. The molecule has 3 atom stereocenters. The average molecular weight is 341 g/mol. The van der Waals surface area contributed by atoms with E-state index < -0.39 is 0 Å². The van der Waals surface area contributed by atoms with Crippen molar-refractivity contribution in [1.82, 2.24) is 4.90 Å². The van der Waals surface area contributed by atoms with Crippen LogP contribution in [-0.4, -0.2) is 30.0 Å². The predicted octanol–water partition coefficient (Wildman–Crippen LogP) is 3.80. The zero-order chi connectivity index (χ0) is 17.0. The van der Waals surface area contributed by atoms with E-state index in [2.05, 4.69) is 12.2 Å². The number of nitrogens with zero attached hydrogens (tertiary/aromatic N) is 1. The molecule has 4 heteroatoms. The second-order valence-electron chi connectivity index (χ2n) is 8.19. The van der Waals surface area contributed by atoms with E-state index >= 15 is 0 Å². The fraction of sp³-hybridized carbons (Fsp3) is 0.571. The molecule has 2 bridgehead atoms. The molecule has 1 aliphatic heterocycles. The molecule has 0 aromatic heterocycles. The van der Waals surface area contributed by atoms with Crippen molar-refractivity contribution in [2.24, 2.45) is 23.2 Å². The molecular formula is C21H24FNO2. The van der Waals surface area contributed by atoms with Crippen LogP contribution >= 0.6 is 0 Å². The number of amides is 1. The Bertz CT molecular complexity index is 718. The largest absolute Gasteiger partial charge is 0.490 e. The van der Waals surface area contributed by atoms with E-state index in [1.807, 2.05) is 4.90 Å². The van der Waals surface area contributed by atoms with E-state index in [0.29, 0.717) is 28.9 Å². The molecule has 1 amide bonds. The number of benzene rings is 1. The monoisotopic (exact) mass is 341 g/mol. The van der Waals surface area contributed by atoms with Gasteiger partial charge < -0.3 is 9.64 Å². The lowest BCUT2D eigenvalue weighted by Crippen LogP contribution is -2.45. The van der Waals surface area contributed by atoms with Gasteiger partial charge in [0.05, 0.1) is 0 Å². The Morgan fingerprint density at radius 2 is 2.00 bits per heavy atom. The van der Waals surface area contributed by atoms with Crippen LogP contribution in [0.25, 0.3) is 0 Å². The molecule has 0 unspecified atom stereocenters. The molecule has 1 aromatic carbocycles. The summed E-state index contributed by atoms with van der Waals surface area (Å²) in [5, 5.41) is 0. The summed E-state index contributed by atoms with van der Waals surface area (Å²) < 4.78 is 19.2. The van der Waals surface area contributed by atoms with Gasteiger partial charge in [-0.1, -0.05) is 18.2 Å². The number of rotatable bonds is 3. The summed E-state index contributed by atoms with van der Waals surface area (Å²) in [6, 6.07) is 6.30. The van der Waals surface area contributed by atoms with Crippen molar-refractivity contribution < 1.29 is 13.9 Å². The summed E-state index contributed by atoms with van der Waals surface area (Å²) in [6.07, 6.45) is 10.1. The molecule has 1 spiro atoms. The summed E-state index contributed by atoms with van der Waals surface area (Å²) in [4.78, 5) is 15.1. The van der Waals surface area contributed by atoms with Gasteiger partial charge in [0.15, 0.2) is 0 Å². The van der Waals surface area contributed by atoms with E-state index in [1.165, 1.54) is 25.0 Å². The van der Waals surface area contributed by atoms with Crippen molar-refractivity contribution >= 4 is 5.91 Å². The first-order valence-corrected chi connectivity index (χ1v) is 9.55. The van der Waals surface area contributed by atoms with E-state index in [1.54, 1.807) is 12.1 Å². The van der Waals surface area contributed by atoms with Crippen LogP contribution in [0, 0.1) is 29.0 Å². The molecule has 3 aliphatic carbocycles. The first kappa shape index (κ1) is 15.4. The number of carbonyl (C=O) groups excluding carboxylic acids is 1. The number of hydrogen-bond acceptors (Lipinski definition) is 2. The molecule has 0 radical (unpaired) electrons. The third-order valence-corrected chi connectivity index (χ3v) is 6.89. The quantitative estimate of drug-likeness (QED) is 0.783. The number of hydrogen-bond donors (Lipinski definition) is 0. The molecule has 0 N–H and O–H groups in total. The highest BCUT2D eigenvalue weighted by Crippen LogP contribution is 2.70. The number of halogens is 1. The second-order valence-corrected chi connectivity index (χ2v) is 8.19. The molecule has 1 saturated heterocycles. The number of carbonyl (C=O) groups is 1. The minimum Gasteiger partial charge on any atom is -0.490 e. The molecule has 4 aliphatic rings. The molecular weight excluding hydrogens is 317 g/mol. The van der Waals surface area contributed by atoms with Crippen LogP contribution < -0.4 is 4.74 Å². The molecule has 3 nitrogen and oxygen atoms in total. The molecule has 3 fully saturated rings. The Morgan fingerprint density at radius 3 is 2.68 bits per heavy atom. The molecule has 25 heavy (non-hydrogen) atoms. The smallest absolute Gasteiger partial charge is 0.226 e. The summed E-state index contributed by atoms with van der Waals surface area (Å²) in [5.41, 5.74) is 0.471. The zero-order valence-corrected chi connectivity index (χ0v) is 14.4. The van der Waals surface area contributed by atoms with Crippen LogP contribution in [-0.2, 0) is 4.79 Å². The van der Waals surface area contributed by atoms with Crippen LogP contribution in [0.3, 0.4) is 0 Å². The highest BCUT2D eigenvalue weighted by atomic mass is 19.1. The summed E-state index contributed by atoms with van der Waals surface area (Å²) >= 11 is 0. The predicted molar refractivity (Wildman–Crippen MR) is 92.5 cm³/mol. The number of ether oxygens (including phenoxy) is 1. The Balaban J connectivity index is 1.18. The lowest BCUT2D eigenvalue weighted by atomic mass is 9.87. The van der Waals surface area contributed by atoms with Gasteiger partial charge in [-0.3, -0.25) is 4.79 Å². The van der Waals surface area contributed by atoms with E-state index in [-0.39, 0.29) is 17.8 Å². The van der Waals surface area contributed by atoms with Crippen LogP contribution in [0.15, 0.2) is 36.4 Å². The van der Waals surface area contributed by atoms with Crippen molar-refractivity contribution in [2.75, 3.05) is 13.1 Å². The maximum absolute atomic E-state index is 13.3. The lowest BCUT2D eigenvalue weighted by Gasteiger charge is -2.35.